The number of hydrogen-bond acceptors (Lipinski definition) is 5. The minimum Gasteiger partial charge on any atom is -0.303 e. The van der Waals surface area contributed by atoms with Crippen LogP contribution in [0.2, 0.25) is 0 Å². The quantitative estimate of drug-likeness (QED) is 0.362. The minimum atomic E-state index is -0.347. The molecule has 0 saturated carbocycles. The number of carbonyl (C=O) groups excluding carboxylic acids is 1. The van der Waals surface area contributed by atoms with E-state index >= 15 is 0 Å². The highest BCUT2D eigenvalue weighted by molar-refractivity contribution is 7.97. The van der Waals surface area contributed by atoms with Crippen LogP contribution in [0.25, 0.3) is 0 Å². The summed E-state index contributed by atoms with van der Waals surface area (Å²) in [6.07, 6.45) is 2.55. The minimum absolute atomic E-state index is 0.0348. The van der Waals surface area contributed by atoms with Crippen molar-refractivity contribution in [1.29, 1.82) is 0 Å². The predicted octanol–water partition coefficient (Wildman–Crippen LogP) is 4.07. The van der Waals surface area contributed by atoms with E-state index in [4.69, 9.17) is 0 Å². The molecule has 0 atom stereocenters. The second-order valence-electron chi connectivity index (χ2n) is 7.04. The molecule has 5 nitrogen and oxygen atoms in total. The van der Waals surface area contributed by atoms with Crippen LogP contribution in [0.5, 0.6) is 0 Å². The van der Waals surface area contributed by atoms with Gasteiger partial charge in [-0.15, -0.1) is 0 Å². The highest BCUT2D eigenvalue weighted by atomic mass is 32.2. The van der Waals surface area contributed by atoms with Crippen LogP contribution in [-0.2, 0) is 4.79 Å². The van der Waals surface area contributed by atoms with Crippen molar-refractivity contribution in [1.82, 2.24) is 4.31 Å². The van der Waals surface area contributed by atoms with Crippen molar-refractivity contribution in [2.75, 3.05) is 0 Å². The molecule has 0 aliphatic carbocycles. The van der Waals surface area contributed by atoms with E-state index in [1.807, 2.05) is 6.07 Å². The first-order chi connectivity index (χ1) is 10.2. The smallest absolute Gasteiger partial charge is 0.284 e. The fraction of sp³-hybridized carbons (Fsp3) is 0.562. The fourth-order valence-corrected chi connectivity index (χ4v) is 4.68. The van der Waals surface area contributed by atoms with E-state index in [-0.39, 0.29) is 27.6 Å². The number of hydrogen-bond donors (Lipinski definition) is 0. The molecule has 0 spiro atoms. The summed E-state index contributed by atoms with van der Waals surface area (Å²) in [5.74, 6) is 0.0348. The SMILES string of the molecule is CC1(C)CC(C=O)CC(C)(C)N1Sc1ccccc1[N+](=O)[O-]. The lowest BCUT2D eigenvalue weighted by molar-refractivity contribution is -0.387. The standard InChI is InChI=1S/C16H22N2O3S/c1-15(2)9-12(11-19)10-16(3,4)18(15)22-14-8-6-5-7-13(14)17(20)21/h5-8,11-12H,9-10H2,1-4H3. The number of nitrogens with zero attached hydrogens (tertiary/aromatic N) is 2. The van der Waals surface area contributed by atoms with Crippen LogP contribution in [0.15, 0.2) is 29.2 Å². The Kier molecular flexibility index (Phi) is 4.63. The van der Waals surface area contributed by atoms with E-state index < -0.39 is 0 Å². The van der Waals surface area contributed by atoms with Crippen LogP contribution >= 0.6 is 11.9 Å². The number of benzene rings is 1. The number of carbonyl (C=O) groups is 1. The van der Waals surface area contributed by atoms with Gasteiger partial charge in [0.15, 0.2) is 0 Å². The Morgan fingerprint density at radius 1 is 1.23 bits per heavy atom. The second-order valence-corrected chi connectivity index (χ2v) is 8.03. The normalized spacial score (nSPS) is 21.5. The van der Waals surface area contributed by atoms with Gasteiger partial charge < -0.3 is 4.79 Å². The molecule has 0 amide bonds. The summed E-state index contributed by atoms with van der Waals surface area (Å²) in [4.78, 5) is 22.7. The first kappa shape index (κ1) is 17.0. The van der Waals surface area contributed by atoms with Crippen molar-refractivity contribution < 1.29 is 9.72 Å². The molecule has 22 heavy (non-hydrogen) atoms. The largest absolute Gasteiger partial charge is 0.303 e. The van der Waals surface area contributed by atoms with Gasteiger partial charge in [-0.2, -0.15) is 0 Å². The number of rotatable bonds is 4. The summed E-state index contributed by atoms with van der Waals surface area (Å²) in [7, 11) is 0. The molecule has 1 aliphatic heterocycles. The summed E-state index contributed by atoms with van der Waals surface area (Å²) in [5, 5.41) is 11.2. The fourth-order valence-electron chi connectivity index (χ4n) is 3.47. The lowest BCUT2D eigenvalue weighted by Crippen LogP contribution is -2.57. The molecule has 1 heterocycles. The number of piperidine rings is 1. The number of nitro groups is 1. The van der Waals surface area contributed by atoms with Crippen LogP contribution < -0.4 is 0 Å². The third kappa shape index (κ3) is 3.33. The first-order valence-electron chi connectivity index (χ1n) is 7.34. The van der Waals surface area contributed by atoms with Crippen LogP contribution in [0, 0.1) is 16.0 Å². The zero-order valence-corrected chi connectivity index (χ0v) is 14.2. The Balaban J connectivity index is 2.35. The van der Waals surface area contributed by atoms with Crippen LogP contribution in [0.1, 0.15) is 40.5 Å². The maximum absolute atomic E-state index is 11.2. The van der Waals surface area contributed by atoms with E-state index in [2.05, 4.69) is 32.0 Å². The van der Waals surface area contributed by atoms with Gasteiger partial charge in [0.1, 0.15) is 11.2 Å². The number of nitro benzene ring substituents is 1. The molecule has 1 fully saturated rings. The van der Waals surface area contributed by atoms with E-state index in [0.29, 0.717) is 4.90 Å². The van der Waals surface area contributed by atoms with E-state index in [1.54, 1.807) is 12.1 Å². The first-order valence-corrected chi connectivity index (χ1v) is 8.12. The summed E-state index contributed by atoms with van der Waals surface area (Å²) in [6.45, 7) is 8.36. The molecule has 1 aliphatic rings. The van der Waals surface area contributed by atoms with Gasteiger partial charge in [0.05, 0.1) is 4.92 Å². The molecule has 120 valence electrons. The number of para-hydroxylation sites is 1. The molecule has 1 saturated heterocycles. The van der Waals surface area contributed by atoms with Gasteiger partial charge >= 0.3 is 0 Å². The molecule has 1 aromatic carbocycles. The molecule has 0 N–H and O–H groups in total. The molecule has 0 bridgehead atoms. The highest BCUT2D eigenvalue weighted by Gasteiger charge is 2.46. The van der Waals surface area contributed by atoms with E-state index in [9.17, 15) is 14.9 Å². The van der Waals surface area contributed by atoms with E-state index in [1.165, 1.54) is 18.0 Å². The molecule has 0 unspecified atom stereocenters. The van der Waals surface area contributed by atoms with Crippen molar-refractivity contribution in [3.05, 3.63) is 34.4 Å². The maximum Gasteiger partial charge on any atom is 0.284 e. The molecular weight excluding hydrogens is 300 g/mol. The zero-order chi connectivity index (χ0) is 16.5. The second kappa shape index (κ2) is 6.01. The zero-order valence-electron chi connectivity index (χ0n) is 13.4. The van der Waals surface area contributed by atoms with Crippen LogP contribution in [0.3, 0.4) is 0 Å². The monoisotopic (exact) mass is 322 g/mol. The third-order valence-electron chi connectivity index (χ3n) is 4.07. The average Bonchev–Trinajstić information content (AvgIpc) is 2.42. The van der Waals surface area contributed by atoms with Gasteiger partial charge in [0, 0.05) is 23.1 Å². The molecule has 0 radical (unpaired) electrons. The third-order valence-corrected chi connectivity index (χ3v) is 5.78. The van der Waals surface area contributed by atoms with Crippen molar-refractivity contribution >= 4 is 23.9 Å². The lowest BCUT2D eigenvalue weighted by atomic mass is 9.76. The average molecular weight is 322 g/mol. The summed E-state index contributed by atoms with van der Waals surface area (Å²) in [5.41, 5.74) is -0.319. The topological polar surface area (TPSA) is 63.5 Å². The van der Waals surface area contributed by atoms with Crippen LogP contribution in [-0.4, -0.2) is 26.6 Å². The van der Waals surface area contributed by atoms with Gasteiger partial charge in [-0.25, -0.2) is 4.31 Å². The molecule has 6 heteroatoms. The molecule has 1 aromatic rings. The Bertz CT molecular complexity index is 569. The van der Waals surface area contributed by atoms with Crippen LogP contribution in [0.4, 0.5) is 5.69 Å². The van der Waals surface area contributed by atoms with Crippen molar-refractivity contribution in [3.63, 3.8) is 0 Å². The lowest BCUT2D eigenvalue weighted by Gasteiger charge is -2.53. The Morgan fingerprint density at radius 3 is 2.27 bits per heavy atom. The molecule has 0 aromatic heterocycles. The van der Waals surface area contributed by atoms with Gasteiger partial charge in [-0.3, -0.25) is 10.1 Å². The van der Waals surface area contributed by atoms with Gasteiger partial charge in [-0.1, -0.05) is 12.1 Å². The highest BCUT2D eigenvalue weighted by Crippen LogP contribution is 2.48. The van der Waals surface area contributed by atoms with Gasteiger partial charge in [0.2, 0.25) is 0 Å². The Labute approximate surface area is 135 Å². The van der Waals surface area contributed by atoms with E-state index in [0.717, 1.165) is 19.1 Å². The van der Waals surface area contributed by atoms with Crippen molar-refractivity contribution in [2.24, 2.45) is 5.92 Å². The number of aldehydes is 1. The Morgan fingerprint density at radius 2 is 1.77 bits per heavy atom. The van der Waals surface area contributed by atoms with Crippen molar-refractivity contribution in [3.8, 4) is 0 Å². The summed E-state index contributed by atoms with van der Waals surface area (Å²) in [6, 6.07) is 6.80. The van der Waals surface area contributed by atoms with Crippen molar-refractivity contribution in [2.45, 2.75) is 56.5 Å². The molecule has 2 rings (SSSR count). The summed E-state index contributed by atoms with van der Waals surface area (Å²) < 4.78 is 2.21. The predicted molar refractivity (Wildman–Crippen MR) is 87.7 cm³/mol. The maximum atomic E-state index is 11.2. The Hall–Kier alpha value is -1.40. The van der Waals surface area contributed by atoms with Gasteiger partial charge in [-0.05, 0) is 58.6 Å². The summed E-state index contributed by atoms with van der Waals surface area (Å²) >= 11 is 1.42. The van der Waals surface area contributed by atoms with Gasteiger partial charge in [0.25, 0.3) is 5.69 Å². The molecular formula is C16H22N2O3S.